The Balaban J connectivity index is 1.49. The Hall–Kier alpha value is -3.81. The molecule has 1 saturated heterocycles. The normalized spacial score (nSPS) is 13.4. The van der Waals surface area contributed by atoms with E-state index in [-0.39, 0.29) is 17.6 Å². The number of hydrazine groups is 1. The lowest BCUT2D eigenvalue weighted by Gasteiger charge is -2.28. The predicted molar refractivity (Wildman–Crippen MR) is 116 cm³/mol. The molecule has 0 spiro atoms. The number of urea groups is 1. The van der Waals surface area contributed by atoms with E-state index in [0.717, 1.165) is 16.7 Å². The molecule has 1 aliphatic rings. The molecule has 8 heteroatoms. The van der Waals surface area contributed by atoms with Crippen LogP contribution in [0.2, 0.25) is 0 Å². The summed E-state index contributed by atoms with van der Waals surface area (Å²) in [7, 11) is 3.17. The Labute approximate surface area is 180 Å². The number of hydrogen-bond acceptors (Lipinski definition) is 5. The molecule has 3 amide bonds. The number of carbonyl (C=O) groups is 2. The van der Waals surface area contributed by atoms with Crippen LogP contribution in [0, 0.1) is 0 Å². The van der Waals surface area contributed by atoms with Gasteiger partial charge in [-0.2, -0.15) is 0 Å². The minimum Gasteiger partial charge on any atom is -0.497 e. The fourth-order valence-electron chi connectivity index (χ4n) is 3.60. The Bertz CT molecular complexity index is 1100. The first-order valence-electron chi connectivity index (χ1n) is 10.0. The molecule has 31 heavy (non-hydrogen) atoms. The second-order valence-corrected chi connectivity index (χ2v) is 7.14. The van der Waals surface area contributed by atoms with Gasteiger partial charge < -0.3 is 14.8 Å². The van der Waals surface area contributed by atoms with Crippen molar-refractivity contribution >= 4 is 22.8 Å². The van der Waals surface area contributed by atoms with Crippen molar-refractivity contribution in [3.8, 4) is 11.5 Å². The van der Waals surface area contributed by atoms with Crippen molar-refractivity contribution in [3.05, 3.63) is 65.9 Å². The van der Waals surface area contributed by atoms with Crippen molar-refractivity contribution in [2.24, 2.45) is 0 Å². The van der Waals surface area contributed by atoms with Crippen LogP contribution in [0.5, 0.6) is 11.5 Å². The first-order chi connectivity index (χ1) is 15.1. The third-order valence-corrected chi connectivity index (χ3v) is 5.22. The van der Waals surface area contributed by atoms with E-state index >= 15 is 0 Å². The Kier molecular flexibility index (Phi) is 5.88. The maximum absolute atomic E-state index is 13.2. The molecule has 2 aromatic carbocycles. The quantitative estimate of drug-likeness (QED) is 0.685. The van der Waals surface area contributed by atoms with Gasteiger partial charge in [-0.3, -0.25) is 4.79 Å². The van der Waals surface area contributed by atoms with E-state index in [1.165, 1.54) is 10.0 Å². The molecular formula is C23H24N4O4. The highest BCUT2D eigenvalue weighted by molar-refractivity contribution is 5.98. The average Bonchev–Trinajstić information content (AvgIpc) is 3.31. The molecule has 1 aliphatic heterocycles. The van der Waals surface area contributed by atoms with Crippen molar-refractivity contribution in [2.75, 3.05) is 27.3 Å². The highest BCUT2D eigenvalue weighted by Gasteiger charge is 2.32. The predicted octanol–water partition coefficient (Wildman–Crippen LogP) is 3.22. The van der Waals surface area contributed by atoms with Crippen LogP contribution in [-0.2, 0) is 6.54 Å². The van der Waals surface area contributed by atoms with Crippen LogP contribution in [0.4, 0.5) is 4.79 Å². The number of nitrogens with one attached hydrogen (secondary N) is 1. The van der Waals surface area contributed by atoms with Crippen molar-refractivity contribution in [2.45, 2.75) is 13.0 Å². The van der Waals surface area contributed by atoms with Crippen LogP contribution in [0.25, 0.3) is 10.9 Å². The number of rotatable bonds is 5. The van der Waals surface area contributed by atoms with Crippen molar-refractivity contribution < 1.29 is 19.1 Å². The second kappa shape index (κ2) is 8.91. The summed E-state index contributed by atoms with van der Waals surface area (Å²) >= 11 is 0. The monoisotopic (exact) mass is 420 g/mol. The van der Waals surface area contributed by atoms with Gasteiger partial charge >= 0.3 is 6.03 Å². The molecule has 8 nitrogen and oxygen atoms in total. The zero-order valence-electron chi connectivity index (χ0n) is 17.5. The summed E-state index contributed by atoms with van der Waals surface area (Å²) in [6, 6.07) is 16.2. The summed E-state index contributed by atoms with van der Waals surface area (Å²) in [4.78, 5) is 30.5. The third kappa shape index (κ3) is 4.23. The highest BCUT2D eigenvalue weighted by Crippen LogP contribution is 2.26. The largest absolute Gasteiger partial charge is 0.497 e. The number of hydrogen-bond donors (Lipinski definition) is 1. The third-order valence-electron chi connectivity index (χ3n) is 5.22. The summed E-state index contributed by atoms with van der Waals surface area (Å²) < 4.78 is 10.6. The number of aromatic nitrogens is 1. The van der Waals surface area contributed by atoms with Gasteiger partial charge in [-0.25, -0.2) is 19.8 Å². The molecule has 0 atom stereocenters. The number of pyridine rings is 1. The van der Waals surface area contributed by atoms with Gasteiger partial charge in [-0.05, 0) is 36.2 Å². The van der Waals surface area contributed by atoms with Crippen LogP contribution >= 0.6 is 0 Å². The Morgan fingerprint density at radius 3 is 2.48 bits per heavy atom. The molecule has 0 aliphatic carbocycles. The molecule has 4 rings (SSSR count). The standard InChI is InChI=1S/C23H24N4O4/c1-30-17-10-8-16(9-11-17)15-24-23(29)27-13-5-12-26(27)22(28)20-14-21(31-2)18-6-3-4-7-19(18)25-20/h3-4,6-11,14H,5,12-13,15H2,1-2H3,(H,24,29). The first-order valence-corrected chi connectivity index (χ1v) is 10.0. The number of methoxy groups -OCH3 is 2. The first kappa shape index (κ1) is 20.5. The number of benzene rings is 2. The van der Waals surface area contributed by atoms with Gasteiger partial charge in [0.15, 0.2) is 0 Å². The molecule has 1 aromatic heterocycles. The molecule has 3 aromatic rings. The molecule has 0 radical (unpaired) electrons. The molecule has 0 bridgehead atoms. The fourth-order valence-corrected chi connectivity index (χ4v) is 3.60. The maximum Gasteiger partial charge on any atom is 0.336 e. The molecule has 1 fully saturated rings. The van der Waals surface area contributed by atoms with E-state index in [9.17, 15) is 9.59 Å². The van der Waals surface area contributed by atoms with E-state index in [2.05, 4.69) is 10.3 Å². The lowest BCUT2D eigenvalue weighted by atomic mass is 10.1. The summed E-state index contributed by atoms with van der Waals surface area (Å²) in [6.45, 7) is 1.26. The van der Waals surface area contributed by atoms with Crippen LogP contribution < -0.4 is 14.8 Å². The zero-order chi connectivity index (χ0) is 21.8. The Morgan fingerprint density at radius 1 is 1.00 bits per heavy atom. The number of carbonyl (C=O) groups excluding carboxylic acids is 2. The van der Waals surface area contributed by atoms with E-state index in [0.29, 0.717) is 37.3 Å². The van der Waals surface area contributed by atoms with Crippen LogP contribution in [-0.4, -0.2) is 54.2 Å². The number of para-hydroxylation sites is 1. The maximum atomic E-state index is 13.2. The minimum atomic E-state index is -0.332. The number of fused-ring (bicyclic) bond motifs is 1. The topological polar surface area (TPSA) is 84.0 Å². The SMILES string of the molecule is COc1ccc(CNC(=O)N2CCCN2C(=O)c2cc(OC)c3ccccc3n2)cc1. The van der Waals surface area contributed by atoms with E-state index in [4.69, 9.17) is 9.47 Å². The zero-order valence-corrected chi connectivity index (χ0v) is 17.5. The lowest BCUT2D eigenvalue weighted by Crippen LogP contribution is -2.49. The van der Waals surface area contributed by atoms with Gasteiger partial charge in [0, 0.05) is 31.1 Å². The lowest BCUT2D eigenvalue weighted by molar-refractivity contribution is 0.0370. The van der Waals surface area contributed by atoms with Crippen molar-refractivity contribution in [1.29, 1.82) is 0 Å². The van der Waals surface area contributed by atoms with Gasteiger partial charge in [0.05, 0.1) is 19.7 Å². The smallest absolute Gasteiger partial charge is 0.336 e. The van der Waals surface area contributed by atoms with Crippen molar-refractivity contribution in [3.63, 3.8) is 0 Å². The summed E-state index contributed by atoms with van der Waals surface area (Å²) in [5, 5.41) is 6.59. The molecular weight excluding hydrogens is 396 g/mol. The Morgan fingerprint density at radius 2 is 1.74 bits per heavy atom. The van der Waals surface area contributed by atoms with E-state index in [1.807, 2.05) is 48.5 Å². The van der Waals surface area contributed by atoms with Crippen LogP contribution in [0.1, 0.15) is 22.5 Å². The molecule has 2 heterocycles. The molecule has 0 unspecified atom stereocenters. The van der Waals surface area contributed by atoms with Crippen LogP contribution in [0.3, 0.4) is 0 Å². The van der Waals surface area contributed by atoms with Gasteiger partial charge in [-0.15, -0.1) is 0 Å². The van der Waals surface area contributed by atoms with Gasteiger partial charge in [0.25, 0.3) is 5.91 Å². The minimum absolute atomic E-state index is 0.241. The van der Waals surface area contributed by atoms with Crippen molar-refractivity contribution in [1.82, 2.24) is 20.3 Å². The van der Waals surface area contributed by atoms with E-state index in [1.54, 1.807) is 20.3 Å². The summed E-state index contributed by atoms with van der Waals surface area (Å²) in [5.41, 5.74) is 1.84. The average molecular weight is 420 g/mol. The molecule has 160 valence electrons. The number of amides is 3. The van der Waals surface area contributed by atoms with Gasteiger partial charge in [-0.1, -0.05) is 24.3 Å². The molecule has 1 N–H and O–H groups in total. The number of nitrogens with zero attached hydrogens (tertiary/aromatic N) is 3. The van der Waals surface area contributed by atoms with Gasteiger partial charge in [0.1, 0.15) is 17.2 Å². The second-order valence-electron chi connectivity index (χ2n) is 7.14. The summed E-state index contributed by atoms with van der Waals surface area (Å²) in [6.07, 6.45) is 0.701. The summed E-state index contributed by atoms with van der Waals surface area (Å²) in [5.74, 6) is 0.995. The number of ether oxygens (including phenoxy) is 2. The van der Waals surface area contributed by atoms with Crippen LogP contribution in [0.15, 0.2) is 54.6 Å². The fraction of sp³-hybridized carbons (Fsp3) is 0.261. The highest BCUT2D eigenvalue weighted by atomic mass is 16.5. The van der Waals surface area contributed by atoms with E-state index < -0.39 is 0 Å². The molecule has 0 saturated carbocycles. The van der Waals surface area contributed by atoms with Gasteiger partial charge in [0.2, 0.25) is 0 Å².